The van der Waals surface area contributed by atoms with Crippen molar-refractivity contribution in [2.75, 3.05) is 5.88 Å². The van der Waals surface area contributed by atoms with Gasteiger partial charge in [0, 0.05) is 22.0 Å². The van der Waals surface area contributed by atoms with Crippen molar-refractivity contribution >= 4 is 33.4 Å². The van der Waals surface area contributed by atoms with Gasteiger partial charge in [-0.2, -0.15) is 0 Å². The third kappa shape index (κ3) is 3.49. The molecule has 1 rings (SSSR count). The first kappa shape index (κ1) is 13.5. The van der Waals surface area contributed by atoms with Crippen molar-refractivity contribution in [3.63, 3.8) is 0 Å². The van der Waals surface area contributed by atoms with E-state index in [1.165, 1.54) is 0 Å². The van der Waals surface area contributed by atoms with E-state index in [0.29, 0.717) is 11.4 Å². The molecule has 1 amide bonds. The highest BCUT2D eigenvalue weighted by molar-refractivity contribution is 9.10. The van der Waals surface area contributed by atoms with Crippen LogP contribution in [0.25, 0.3) is 0 Å². The number of aryl methyl sites for hydroxylation is 1. The first-order valence-electron chi connectivity index (χ1n) is 5.21. The van der Waals surface area contributed by atoms with Crippen molar-refractivity contribution < 1.29 is 4.79 Å². The normalized spacial score (nSPS) is 12.2. The number of amides is 1. The third-order valence-electron chi connectivity index (χ3n) is 2.43. The van der Waals surface area contributed by atoms with E-state index in [9.17, 15) is 4.79 Å². The number of hydrogen-bond acceptors (Lipinski definition) is 1. The molecule has 16 heavy (non-hydrogen) atoms. The molecule has 1 atom stereocenters. The van der Waals surface area contributed by atoms with E-state index in [0.717, 1.165) is 16.5 Å². The fourth-order valence-electron chi connectivity index (χ4n) is 1.30. The molecule has 0 radical (unpaired) electrons. The van der Waals surface area contributed by atoms with E-state index in [2.05, 4.69) is 21.2 Å². The molecule has 0 bridgehead atoms. The van der Waals surface area contributed by atoms with Crippen molar-refractivity contribution in [1.29, 1.82) is 0 Å². The number of carbonyl (C=O) groups excluding carboxylic acids is 1. The minimum Gasteiger partial charge on any atom is -0.348 e. The second-order valence-corrected chi connectivity index (χ2v) is 4.86. The molecular weight excluding hydrogens is 289 g/mol. The van der Waals surface area contributed by atoms with Crippen LogP contribution in [0.5, 0.6) is 0 Å². The minimum atomic E-state index is -0.0666. The van der Waals surface area contributed by atoms with Crippen LogP contribution in [0.4, 0.5) is 0 Å². The Labute approximate surface area is 110 Å². The van der Waals surface area contributed by atoms with Crippen molar-refractivity contribution in [2.45, 2.75) is 26.3 Å². The van der Waals surface area contributed by atoms with Crippen LogP contribution in [0.3, 0.4) is 0 Å². The lowest BCUT2D eigenvalue weighted by Gasteiger charge is -2.14. The van der Waals surface area contributed by atoms with Crippen LogP contribution in [0.15, 0.2) is 22.7 Å². The number of halogens is 2. The summed E-state index contributed by atoms with van der Waals surface area (Å²) in [4.78, 5) is 11.9. The van der Waals surface area contributed by atoms with Crippen LogP contribution in [0, 0.1) is 6.92 Å². The predicted molar refractivity (Wildman–Crippen MR) is 71.1 cm³/mol. The van der Waals surface area contributed by atoms with Gasteiger partial charge in [-0.25, -0.2) is 0 Å². The maximum atomic E-state index is 11.9. The molecule has 0 aliphatic rings. The Morgan fingerprint density at radius 3 is 2.75 bits per heavy atom. The molecule has 4 heteroatoms. The summed E-state index contributed by atoms with van der Waals surface area (Å²) in [5.41, 5.74) is 1.72. The Kier molecular flexibility index (Phi) is 5.29. The second-order valence-electron chi connectivity index (χ2n) is 3.70. The van der Waals surface area contributed by atoms with Gasteiger partial charge in [0.05, 0.1) is 0 Å². The van der Waals surface area contributed by atoms with Crippen molar-refractivity contribution in [1.82, 2.24) is 5.32 Å². The molecule has 0 heterocycles. The average Bonchev–Trinajstić information content (AvgIpc) is 2.29. The van der Waals surface area contributed by atoms with Gasteiger partial charge in [0.25, 0.3) is 5.91 Å². The van der Waals surface area contributed by atoms with E-state index in [-0.39, 0.29) is 11.9 Å². The predicted octanol–water partition coefficient (Wildman–Crippen LogP) is 3.50. The van der Waals surface area contributed by atoms with E-state index >= 15 is 0 Å². The molecule has 0 aromatic heterocycles. The van der Waals surface area contributed by atoms with Crippen LogP contribution in [0.2, 0.25) is 0 Å². The molecule has 1 aromatic carbocycles. The Balaban J connectivity index is 2.76. The summed E-state index contributed by atoms with van der Waals surface area (Å²) >= 11 is 9.14. The molecule has 1 N–H and O–H groups in total. The van der Waals surface area contributed by atoms with Gasteiger partial charge in [0.1, 0.15) is 0 Å². The lowest BCUT2D eigenvalue weighted by molar-refractivity contribution is 0.0939. The summed E-state index contributed by atoms with van der Waals surface area (Å²) in [5.74, 6) is 0.376. The largest absolute Gasteiger partial charge is 0.348 e. The highest BCUT2D eigenvalue weighted by Gasteiger charge is 2.11. The fraction of sp³-hybridized carbons (Fsp3) is 0.417. The standard InChI is InChI=1S/C12H15BrClNO/c1-3-10(7-14)15-12(16)9-4-5-11(13)8(2)6-9/h4-6,10H,3,7H2,1-2H3,(H,15,16). The highest BCUT2D eigenvalue weighted by Crippen LogP contribution is 2.17. The van der Waals surface area contributed by atoms with Crippen LogP contribution in [-0.2, 0) is 0 Å². The van der Waals surface area contributed by atoms with E-state index in [1.54, 1.807) is 6.07 Å². The molecule has 0 aliphatic heterocycles. The number of rotatable bonds is 4. The average molecular weight is 305 g/mol. The van der Waals surface area contributed by atoms with Crippen LogP contribution < -0.4 is 5.32 Å². The Hall–Kier alpha value is -0.540. The summed E-state index contributed by atoms with van der Waals surface area (Å²) in [7, 11) is 0. The van der Waals surface area contributed by atoms with Gasteiger partial charge < -0.3 is 5.32 Å². The molecule has 2 nitrogen and oxygen atoms in total. The van der Waals surface area contributed by atoms with Gasteiger partial charge in [-0.15, -0.1) is 11.6 Å². The Morgan fingerprint density at radius 1 is 1.56 bits per heavy atom. The molecule has 0 saturated carbocycles. The molecule has 0 aliphatic carbocycles. The van der Waals surface area contributed by atoms with E-state index in [4.69, 9.17) is 11.6 Å². The van der Waals surface area contributed by atoms with Crippen LogP contribution in [0.1, 0.15) is 29.3 Å². The molecule has 1 aromatic rings. The summed E-state index contributed by atoms with van der Waals surface area (Å²) in [5, 5.41) is 2.89. The zero-order valence-corrected chi connectivity index (χ0v) is 11.7. The maximum absolute atomic E-state index is 11.9. The molecular formula is C12H15BrClNO. The Bertz CT molecular complexity index is 377. The number of nitrogens with one attached hydrogen (secondary N) is 1. The first-order valence-corrected chi connectivity index (χ1v) is 6.54. The van der Waals surface area contributed by atoms with Gasteiger partial charge in [0.15, 0.2) is 0 Å². The number of hydrogen-bond donors (Lipinski definition) is 1. The quantitative estimate of drug-likeness (QED) is 0.848. The van der Waals surface area contributed by atoms with Gasteiger partial charge in [-0.3, -0.25) is 4.79 Å². The highest BCUT2D eigenvalue weighted by atomic mass is 79.9. The monoisotopic (exact) mass is 303 g/mol. The zero-order chi connectivity index (χ0) is 12.1. The molecule has 88 valence electrons. The van der Waals surface area contributed by atoms with Gasteiger partial charge in [-0.1, -0.05) is 22.9 Å². The number of benzene rings is 1. The third-order valence-corrected chi connectivity index (χ3v) is 3.70. The second kappa shape index (κ2) is 6.26. The SMILES string of the molecule is CCC(CCl)NC(=O)c1ccc(Br)c(C)c1. The van der Waals surface area contributed by atoms with Crippen LogP contribution in [-0.4, -0.2) is 17.8 Å². The van der Waals surface area contributed by atoms with E-state index in [1.807, 2.05) is 26.0 Å². The summed E-state index contributed by atoms with van der Waals surface area (Å²) in [6, 6.07) is 5.58. The Morgan fingerprint density at radius 2 is 2.25 bits per heavy atom. The summed E-state index contributed by atoms with van der Waals surface area (Å²) in [6.07, 6.45) is 0.838. The number of carbonyl (C=O) groups is 1. The van der Waals surface area contributed by atoms with Gasteiger partial charge in [0.2, 0.25) is 0 Å². The lowest BCUT2D eigenvalue weighted by Crippen LogP contribution is -2.35. The molecule has 0 spiro atoms. The van der Waals surface area contributed by atoms with Crippen LogP contribution >= 0.6 is 27.5 Å². The smallest absolute Gasteiger partial charge is 0.251 e. The molecule has 1 unspecified atom stereocenters. The van der Waals surface area contributed by atoms with Gasteiger partial charge in [-0.05, 0) is 37.1 Å². The topological polar surface area (TPSA) is 29.1 Å². The fourth-order valence-corrected chi connectivity index (χ4v) is 1.85. The van der Waals surface area contributed by atoms with Crippen molar-refractivity contribution in [3.05, 3.63) is 33.8 Å². The maximum Gasteiger partial charge on any atom is 0.251 e. The van der Waals surface area contributed by atoms with E-state index < -0.39 is 0 Å². The van der Waals surface area contributed by atoms with Gasteiger partial charge >= 0.3 is 0 Å². The van der Waals surface area contributed by atoms with Crippen molar-refractivity contribution in [2.24, 2.45) is 0 Å². The lowest BCUT2D eigenvalue weighted by atomic mass is 10.1. The minimum absolute atomic E-state index is 0.0399. The number of alkyl halides is 1. The summed E-state index contributed by atoms with van der Waals surface area (Å²) in [6.45, 7) is 3.96. The molecule has 0 saturated heterocycles. The van der Waals surface area contributed by atoms with Crippen molar-refractivity contribution in [3.8, 4) is 0 Å². The summed E-state index contributed by atoms with van der Waals surface area (Å²) < 4.78 is 1.01. The first-order chi connectivity index (χ1) is 7.58. The zero-order valence-electron chi connectivity index (χ0n) is 9.39. The molecule has 0 fully saturated rings.